The fourth-order valence-electron chi connectivity index (χ4n) is 7.19. The van der Waals surface area contributed by atoms with Gasteiger partial charge in [0.15, 0.2) is 18.9 Å². The number of carboxylic acids is 1. The Kier molecular flexibility index (Phi) is 17.6. The van der Waals surface area contributed by atoms with E-state index in [1.807, 2.05) is 0 Å². The quantitative estimate of drug-likeness (QED) is 0.0602. The summed E-state index contributed by atoms with van der Waals surface area (Å²) in [6, 6.07) is -3.53. The van der Waals surface area contributed by atoms with Crippen molar-refractivity contribution >= 4 is 28.2 Å². The summed E-state index contributed by atoms with van der Waals surface area (Å²) in [5.41, 5.74) is 0. The number of rotatable bonds is 17. The predicted molar refractivity (Wildman–Crippen MR) is 185 cm³/mol. The van der Waals surface area contributed by atoms with Gasteiger partial charge in [-0.15, -0.1) is 0 Å². The lowest BCUT2D eigenvalue weighted by atomic mass is 9.88. The Balaban J connectivity index is 1.70. The van der Waals surface area contributed by atoms with Crippen LogP contribution in [0, 0.1) is 0 Å². The monoisotopic (exact) mass is 916 g/mol. The van der Waals surface area contributed by atoms with Gasteiger partial charge in [0.05, 0.1) is 38.6 Å². The standard InChI is InChI=1S/C31H52N2O27S/c1-8(37)32-15-10(39)3-31(30(48)49,59-24(15)17(41)11(40)4-34)60-26-19(43)13(6-36)55-29(22(26)46)57-23-14(7-53-61(50,51)52)56-28(16(20(23)44)33-9(2)38)58-25-18(42)12(5-35)54-27(47)21(25)45/h10-29,34-36,39-47H,3-7H2,1-2H3,(H,32,37)(H,33,38)(H,48,49)(H,50,51,52)/t10-,11+,12+,13+,14+,15+,16+,17+,18-,19-,20+,21+,22+,23+,24+,25-,26-,27?,28-,29-,31-/m0/s1. The van der Waals surface area contributed by atoms with Crippen LogP contribution in [0.2, 0.25) is 0 Å². The van der Waals surface area contributed by atoms with Gasteiger partial charge in [-0.05, 0) is 0 Å². The molecule has 0 spiro atoms. The van der Waals surface area contributed by atoms with E-state index in [2.05, 4.69) is 14.8 Å². The normalized spacial score (nSPS) is 43.2. The zero-order chi connectivity index (χ0) is 45.9. The number of hydrogen-bond acceptors (Lipinski definition) is 25. The van der Waals surface area contributed by atoms with Crippen molar-refractivity contribution in [1.82, 2.24) is 10.6 Å². The predicted octanol–water partition coefficient (Wildman–Crippen LogP) is -10.4. The van der Waals surface area contributed by atoms with Gasteiger partial charge < -0.3 is 110 Å². The van der Waals surface area contributed by atoms with Crippen molar-refractivity contribution in [2.45, 2.75) is 149 Å². The van der Waals surface area contributed by atoms with Crippen LogP contribution in [0.3, 0.4) is 0 Å². The molecule has 0 aromatic carbocycles. The average molecular weight is 917 g/mol. The molecule has 0 aromatic heterocycles. The molecule has 0 bridgehead atoms. The van der Waals surface area contributed by atoms with E-state index in [4.69, 9.17) is 33.2 Å². The number of carbonyl (C=O) groups is 3. The summed E-state index contributed by atoms with van der Waals surface area (Å²) < 4.78 is 75.7. The van der Waals surface area contributed by atoms with Gasteiger partial charge in [0, 0.05) is 20.3 Å². The van der Waals surface area contributed by atoms with Crippen molar-refractivity contribution in [3.05, 3.63) is 0 Å². The molecule has 354 valence electrons. The Morgan fingerprint density at radius 3 is 1.82 bits per heavy atom. The molecule has 4 aliphatic heterocycles. The summed E-state index contributed by atoms with van der Waals surface area (Å²) in [5, 5.41) is 142. The molecule has 2 amide bonds. The maximum Gasteiger partial charge on any atom is 0.397 e. The number of ether oxygens (including phenoxy) is 7. The fraction of sp³-hybridized carbons (Fsp3) is 0.903. The molecule has 21 atom stereocenters. The van der Waals surface area contributed by atoms with E-state index >= 15 is 0 Å². The summed E-state index contributed by atoms with van der Waals surface area (Å²) in [4.78, 5) is 37.1. The Hall–Kier alpha value is -2.48. The maximum absolute atomic E-state index is 12.9. The molecular formula is C31H52N2O27S. The van der Waals surface area contributed by atoms with E-state index in [9.17, 15) is 93.7 Å². The molecule has 4 aliphatic rings. The molecule has 30 heteroatoms. The molecule has 0 aliphatic carbocycles. The van der Waals surface area contributed by atoms with Gasteiger partial charge in [-0.25, -0.2) is 8.98 Å². The first-order valence-corrected chi connectivity index (χ1v) is 19.7. The minimum Gasteiger partial charge on any atom is -0.477 e. The van der Waals surface area contributed by atoms with Gasteiger partial charge >= 0.3 is 16.4 Å². The van der Waals surface area contributed by atoms with Gasteiger partial charge in [-0.3, -0.25) is 14.1 Å². The molecule has 4 fully saturated rings. The van der Waals surface area contributed by atoms with Crippen LogP contribution in [0.15, 0.2) is 0 Å². The first-order chi connectivity index (χ1) is 28.4. The molecule has 16 N–H and O–H groups in total. The minimum atomic E-state index is -5.33. The van der Waals surface area contributed by atoms with Gasteiger partial charge in [-0.1, -0.05) is 0 Å². The van der Waals surface area contributed by atoms with E-state index in [1.54, 1.807) is 0 Å². The lowest BCUT2D eigenvalue weighted by Crippen LogP contribution is -2.71. The van der Waals surface area contributed by atoms with Gasteiger partial charge in [-0.2, -0.15) is 8.42 Å². The van der Waals surface area contributed by atoms with Crippen molar-refractivity contribution in [3.8, 4) is 0 Å². The Bertz CT molecular complexity index is 1600. The fourth-order valence-corrected chi connectivity index (χ4v) is 7.50. The topological polar surface area (TPSA) is 466 Å². The molecule has 4 heterocycles. The third-order valence-electron chi connectivity index (χ3n) is 10.2. The molecule has 0 radical (unpaired) electrons. The van der Waals surface area contributed by atoms with E-state index in [1.165, 1.54) is 0 Å². The largest absolute Gasteiger partial charge is 0.477 e. The summed E-state index contributed by atoms with van der Waals surface area (Å²) in [6.45, 7) is -2.57. The average Bonchev–Trinajstić information content (AvgIpc) is 3.18. The van der Waals surface area contributed by atoms with E-state index in [0.717, 1.165) is 13.8 Å². The number of carbonyl (C=O) groups excluding carboxylic acids is 2. The van der Waals surface area contributed by atoms with Crippen molar-refractivity contribution in [3.63, 3.8) is 0 Å². The molecule has 29 nitrogen and oxygen atoms in total. The van der Waals surface area contributed by atoms with Crippen LogP contribution >= 0.6 is 0 Å². The number of carboxylic acid groups (broad SMARTS) is 1. The highest BCUT2D eigenvalue weighted by Crippen LogP contribution is 2.39. The first-order valence-electron chi connectivity index (χ1n) is 18.4. The SMILES string of the molecule is CC(=O)N[C@H]1[C@H](O[C@H]2[C@@H](O)[C@@H](CO)OC(O)[C@@H]2O)O[C@H](COS(=O)(=O)O)[C@@H](O[C@@H]2O[C@H](CO)[C@H](O)[C@H](O[C@]3(C(=O)O)C[C@H](O)[C@@H](NC(C)=O)[C@H]([C@H](O)[C@H](O)CO)O3)[C@H]2O)[C@@H]1O. The number of nitrogens with one attached hydrogen (secondary N) is 2. The number of amides is 2. The van der Waals surface area contributed by atoms with Crippen molar-refractivity contribution in [1.29, 1.82) is 0 Å². The third-order valence-corrected chi connectivity index (χ3v) is 10.6. The Labute approximate surface area is 344 Å². The second kappa shape index (κ2) is 21.0. The second-order valence-electron chi connectivity index (χ2n) is 14.6. The summed E-state index contributed by atoms with van der Waals surface area (Å²) in [7, 11) is -5.33. The van der Waals surface area contributed by atoms with Crippen LogP contribution < -0.4 is 10.6 Å². The van der Waals surface area contributed by atoms with Crippen LogP contribution in [0.25, 0.3) is 0 Å². The number of hydrogen-bond donors (Lipinski definition) is 16. The molecule has 0 aromatic rings. The molecule has 4 saturated heterocycles. The summed E-state index contributed by atoms with van der Waals surface area (Å²) >= 11 is 0. The smallest absolute Gasteiger partial charge is 0.397 e. The molecule has 1 unspecified atom stereocenters. The highest BCUT2D eigenvalue weighted by Gasteiger charge is 2.60. The Morgan fingerprint density at radius 2 is 1.28 bits per heavy atom. The highest BCUT2D eigenvalue weighted by molar-refractivity contribution is 7.80. The molecule has 4 rings (SSSR count). The van der Waals surface area contributed by atoms with Crippen molar-refractivity contribution < 1.29 is 131 Å². The van der Waals surface area contributed by atoms with Crippen molar-refractivity contribution in [2.75, 3.05) is 26.4 Å². The molecule has 0 saturated carbocycles. The van der Waals surface area contributed by atoms with E-state index in [-0.39, 0.29) is 0 Å². The number of aliphatic carboxylic acids is 1. The van der Waals surface area contributed by atoms with E-state index in [0.29, 0.717) is 0 Å². The van der Waals surface area contributed by atoms with Crippen molar-refractivity contribution in [2.24, 2.45) is 0 Å². The van der Waals surface area contributed by atoms with Gasteiger partial charge in [0.25, 0.3) is 5.79 Å². The molecular weight excluding hydrogens is 864 g/mol. The lowest BCUT2D eigenvalue weighted by molar-refractivity contribution is -0.386. The van der Waals surface area contributed by atoms with Crippen LogP contribution in [-0.4, -0.2) is 252 Å². The number of aliphatic hydroxyl groups is 12. The maximum atomic E-state index is 12.9. The zero-order valence-corrected chi connectivity index (χ0v) is 32.9. The van der Waals surface area contributed by atoms with Gasteiger partial charge in [0.2, 0.25) is 11.8 Å². The Morgan fingerprint density at radius 1 is 0.738 bits per heavy atom. The summed E-state index contributed by atoms with van der Waals surface area (Å²) in [6.07, 6.45) is -38.7. The van der Waals surface area contributed by atoms with Crippen LogP contribution in [0.4, 0.5) is 0 Å². The minimum absolute atomic E-state index is 0.825. The summed E-state index contributed by atoms with van der Waals surface area (Å²) in [5.74, 6) is -7.03. The van der Waals surface area contributed by atoms with Crippen LogP contribution in [0.5, 0.6) is 0 Å². The third kappa shape index (κ3) is 11.8. The van der Waals surface area contributed by atoms with Crippen LogP contribution in [0.1, 0.15) is 20.3 Å². The van der Waals surface area contributed by atoms with E-state index < -0.39 is 189 Å². The first kappa shape index (κ1) is 51.2. The van der Waals surface area contributed by atoms with Gasteiger partial charge in [0.1, 0.15) is 91.5 Å². The number of aliphatic hydroxyl groups excluding tert-OH is 12. The molecule has 61 heavy (non-hydrogen) atoms. The highest BCUT2D eigenvalue weighted by atomic mass is 32.3. The zero-order valence-electron chi connectivity index (χ0n) is 32.1. The second-order valence-corrected chi connectivity index (χ2v) is 15.7. The lowest BCUT2D eigenvalue weighted by Gasteiger charge is -2.51. The van der Waals surface area contributed by atoms with Crippen LogP contribution in [-0.2, 0) is 62.1 Å².